The lowest BCUT2D eigenvalue weighted by atomic mass is 10.1. The quantitative estimate of drug-likeness (QED) is 0.355. The number of nitrogen functional groups attached to an aromatic ring is 1. The molecule has 4 heteroatoms. The van der Waals surface area contributed by atoms with Gasteiger partial charge < -0.3 is 15.2 Å². The largest absolute Gasteiger partial charge is 0.435 e. The van der Waals surface area contributed by atoms with Crippen LogP contribution in [0.25, 0.3) is 0 Å². The van der Waals surface area contributed by atoms with Crippen molar-refractivity contribution in [3.05, 3.63) is 29.3 Å². The van der Waals surface area contributed by atoms with Crippen molar-refractivity contribution >= 4 is 11.7 Å². The second-order valence-electron chi connectivity index (χ2n) is 3.12. The summed E-state index contributed by atoms with van der Waals surface area (Å²) in [6.07, 6.45) is 0. The fraction of sp³-hybridized carbons (Fsp3) is 0.364. The Bertz CT molecular complexity index is 350. The van der Waals surface area contributed by atoms with Gasteiger partial charge in [0.05, 0.1) is 5.56 Å². The van der Waals surface area contributed by atoms with Crippen LogP contribution in [0.1, 0.15) is 22.8 Å². The Morgan fingerprint density at radius 3 is 2.87 bits per heavy atom. The predicted molar refractivity (Wildman–Crippen MR) is 57.5 cm³/mol. The highest BCUT2D eigenvalue weighted by Gasteiger charge is 2.10. The zero-order valence-electron chi connectivity index (χ0n) is 8.95. The maximum atomic E-state index is 11.5. The van der Waals surface area contributed by atoms with Crippen molar-refractivity contribution in [2.45, 2.75) is 13.8 Å². The molecule has 0 heterocycles. The van der Waals surface area contributed by atoms with Crippen LogP contribution in [-0.2, 0) is 9.47 Å². The summed E-state index contributed by atoms with van der Waals surface area (Å²) >= 11 is 0. The van der Waals surface area contributed by atoms with Crippen LogP contribution in [-0.4, -0.2) is 19.4 Å². The summed E-state index contributed by atoms with van der Waals surface area (Å²) in [5.74, 6) is -0.409. The number of carbonyl (C=O) groups excluding carboxylic acids is 1. The Morgan fingerprint density at radius 1 is 1.47 bits per heavy atom. The number of ether oxygens (including phenoxy) is 2. The van der Waals surface area contributed by atoms with Crippen LogP contribution >= 0.6 is 0 Å². The molecule has 0 bridgehead atoms. The van der Waals surface area contributed by atoms with E-state index in [1.807, 2.05) is 13.8 Å². The number of anilines is 1. The van der Waals surface area contributed by atoms with Gasteiger partial charge in [0.15, 0.2) is 6.79 Å². The van der Waals surface area contributed by atoms with Crippen LogP contribution in [0.15, 0.2) is 18.2 Å². The van der Waals surface area contributed by atoms with E-state index in [4.69, 9.17) is 15.2 Å². The van der Waals surface area contributed by atoms with E-state index in [-0.39, 0.29) is 6.79 Å². The highest BCUT2D eigenvalue weighted by Crippen LogP contribution is 2.13. The van der Waals surface area contributed by atoms with Gasteiger partial charge in [-0.1, -0.05) is 6.07 Å². The van der Waals surface area contributed by atoms with Crippen molar-refractivity contribution in [2.24, 2.45) is 0 Å². The molecule has 2 N–H and O–H groups in total. The lowest BCUT2D eigenvalue weighted by Crippen LogP contribution is -2.10. The van der Waals surface area contributed by atoms with E-state index in [1.165, 1.54) is 0 Å². The fourth-order valence-corrected chi connectivity index (χ4v) is 1.12. The highest BCUT2D eigenvalue weighted by molar-refractivity contribution is 5.92. The molecule has 1 aromatic rings. The number of nitrogens with two attached hydrogens (primary N) is 1. The van der Waals surface area contributed by atoms with Gasteiger partial charge in [-0.05, 0) is 31.5 Å². The average molecular weight is 209 g/mol. The molecule has 0 amide bonds. The number of esters is 1. The first-order valence-electron chi connectivity index (χ1n) is 4.76. The Balaban J connectivity index is 2.68. The van der Waals surface area contributed by atoms with Crippen molar-refractivity contribution in [1.29, 1.82) is 0 Å². The van der Waals surface area contributed by atoms with E-state index in [1.54, 1.807) is 18.2 Å². The van der Waals surface area contributed by atoms with E-state index in [9.17, 15) is 4.79 Å². The van der Waals surface area contributed by atoms with Crippen molar-refractivity contribution < 1.29 is 14.3 Å². The predicted octanol–water partition coefficient (Wildman–Crippen LogP) is 1.73. The monoisotopic (exact) mass is 209 g/mol. The van der Waals surface area contributed by atoms with Crippen molar-refractivity contribution in [1.82, 2.24) is 0 Å². The van der Waals surface area contributed by atoms with Gasteiger partial charge in [-0.3, -0.25) is 0 Å². The van der Waals surface area contributed by atoms with Gasteiger partial charge in [-0.15, -0.1) is 0 Å². The smallest absolute Gasteiger partial charge is 0.340 e. The third-order valence-corrected chi connectivity index (χ3v) is 1.96. The van der Waals surface area contributed by atoms with Crippen molar-refractivity contribution in [3.8, 4) is 0 Å². The fourth-order valence-electron chi connectivity index (χ4n) is 1.12. The summed E-state index contributed by atoms with van der Waals surface area (Å²) in [6, 6.07) is 5.13. The molecule has 0 saturated heterocycles. The third-order valence-electron chi connectivity index (χ3n) is 1.96. The zero-order chi connectivity index (χ0) is 11.3. The molecular formula is C11H15NO3. The molecule has 15 heavy (non-hydrogen) atoms. The number of carbonyl (C=O) groups is 1. The topological polar surface area (TPSA) is 61.5 Å². The standard InChI is InChI=1S/C11H15NO3/c1-3-14-7-15-11(13)10-6-9(12)5-4-8(10)2/h4-6H,3,7,12H2,1-2H3. The summed E-state index contributed by atoms with van der Waals surface area (Å²) in [5, 5.41) is 0. The van der Waals surface area contributed by atoms with Crippen LogP contribution in [0.5, 0.6) is 0 Å². The minimum atomic E-state index is -0.409. The molecule has 0 saturated carbocycles. The average Bonchev–Trinajstić information content (AvgIpc) is 2.22. The van der Waals surface area contributed by atoms with Crippen LogP contribution in [0.2, 0.25) is 0 Å². The molecule has 0 fully saturated rings. The van der Waals surface area contributed by atoms with Crippen LogP contribution < -0.4 is 5.73 Å². The molecule has 1 rings (SSSR count). The first-order chi connectivity index (χ1) is 7.15. The summed E-state index contributed by atoms with van der Waals surface area (Å²) in [7, 11) is 0. The van der Waals surface area contributed by atoms with Gasteiger partial charge in [0.1, 0.15) is 0 Å². The maximum absolute atomic E-state index is 11.5. The van der Waals surface area contributed by atoms with Crippen LogP contribution in [0.3, 0.4) is 0 Å². The van der Waals surface area contributed by atoms with E-state index >= 15 is 0 Å². The SMILES string of the molecule is CCOCOC(=O)c1cc(N)ccc1C. The maximum Gasteiger partial charge on any atom is 0.340 e. The molecular weight excluding hydrogens is 194 g/mol. The Labute approximate surface area is 89.0 Å². The Morgan fingerprint density at radius 2 is 2.20 bits per heavy atom. The Kier molecular flexibility index (Phi) is 4.12. The van der Waals surface area contributed by atoms with Crippen molar-refractivity contribution in [3.63, 3.8) is 0 Å². The molecule has 0 aromatic heterocycles. The van der Waals surface area contributed by atoms with Gasteiger partial charge in [-0.2, -0.15) is 0 Å². The van der Waals surface area contributed by atoms with Crippen LogP contribution in [0, 0.1) is 6.92 Å². The van der Waals surface area contributed by atoms with Crippen LogP contribution in [0.4, 0.5) is 5.69 Å². The second-order valence-corrected chi connectivity index (χ2v) is 3.12. The van der Waals surface area contributed by atoms with Gasteiger partial charge >= 0.3 is 5.97 Å². The zero-order valence-corrected chi connectivity index (χ0v) is 8.95. The molecule has 0 aliphatic heterocycles. The van der Waals surface area contributed by atoms with E-state index in [2.05, 4.69) is 0 Å². The molecule has 4 nitrogen and oxygen atoms in total. The van der Waals surface area contributed by atoms with E-state index < -0.39 is 5.97 Å². The minimum absolute atomic E-state index is 0.0242. The molecule has 1 aromatic carbocycles. The Hall–Kier alpha value is -1.55. The summed E-state index contributed by atoms with van der Waals surface area (Å²) in [6.45, 7) is 4.16. The lowest BCUT2D eigenvalue weighted by molar-refractivity contribution is -0.0275. The number of hydrogen-bond donors (Lipinski definition) is 1. The minimum Gasteiger partial charge on any atom is -0.435 e. The number of aryl methyl sites for hydroxylation is 1. The number of benzene rings is 1. The lowest BCUT2D eigenvalue weighted by Gasteiger charge is -2.07. The highest BCUT2D eigenvalue weighted by atomic mass is 16.7. The number of hydrogen-bond acceptors (Lipinski definition) is 4. The van der Waals surface area contributed by atoms with Gasteiger partial charge in [-0.25, -0.2) is 4.79 Å². The second kappa shape index (κ2) is 5.36. The molecule has 82 valence electrons. The molecule has 0 aliphatic rings. The number of rotatable bonds is 4. The third kappa shape index (κ3) is 3.25. The normalized spacial score (nSPS) is 10.0. The molecule has 0 aliphatic carbocycles. The van der Waals surface area contributed by atoms with Gasteiger partial charge in [0.25, 0.3) is 0 Å². The summed E-state index contributed by atoms with van der Waals surface area (Å²) < 4.78 is 9.81. The van der Waals surface area contributed by atoms with Gasteiger partial charge in [0.2, 0.25) is 0 Å². The summed E-state index contributed by atoms with van der Waals surface area (Å²) in [4.78, 5) is 11.5. The van der Waals surface area contributed by atoms with Gasteiger partial charge in [0, 0.05) is 12.3 Å². The van der Waals surface area contributed by atoms with E-state index in [0.717, 1.165) is 5.56 Å². The first-order valence-corrected chi connectivity index (χ1v) is 4.76. The first kappa shape index (κ1) is 11.5. The molecule has 0 unspecified atom stereocenters. The molecule has 0 radical (unpaired) electrons. The van der Waals surface area contributed by atoms with E-state index in [0.29, 0.717) is 17.9 Å². The molecule has 0 spiro atoms. The van der Waals surface area contributed by atoms with Crippen molar-refractivity contribution in [2.75, 3.05) is 19.1 Å². The summed E-state index contributed by atoms with van der Waals surface area (Å²) in [5.41, 5.74) is 7.45. The molecule has 0 atom stereocenters.